The first-order valence-electron chi connectivity index (χ1n) is 9.30. The van der Waals surface area contributed by atoms with Gasteiger partial charge in [-0.15, -0.1) is 0 Å². The summed E-state index contributed by atoms with van der Waals surface area (Å²) in [5, 5.41) is 1.02. The second-order valence-corrected chi connectivity index (χ2v) is 6.75. The summed E-state index contributed by atoms with van der Waals surface area (Å²) < 4.78 is 11.6. The lowest BCUT2D eigenvalue weighted by Gasteiger charge is -2.13. The van der Waals surface area contributed by atoms with Crippen molar-refractivity contribution in [3.63, 3.8) is 0 Å². The number of fused-ring (bicyclic) bond motifs is 2. The Morgan fingerprint density at radius 3 is 2.41 bits per heavy atom. The Morgan fingerprint density at radius 2 is 1.59 bits per heavy atom. The summed E-state index contributed by atoms with van der Waals surface area (Å²) >= 11 is 0. The van der Waals surface area contributed by atoms with Crippen LogP contribution in [0.3, 0.4) is 0 Å². The molecule has 5 aromatic rings. The molecule has 0 aliphatic rings. The molecule has 0 fully saturated rings. The molecule has 4 nitrogen and oxygen atoms in total. The van der Waals surface area contributed by atoms with Gasteiger partial charge in [-0.05, 0) is 29.8 Å². The maximum atomic E-state index is 13.1. The van der Waals surface area contributed by atoms with E-state index in [1.807, 2.05) is 72.8 Å². The average molecular weight is 379 g/mol. The molecule has 5 rings (SSSR count). The van der Waals surface area contributed by atoms with Crippen molar-refractivity contribution in [1.29, 1.82) is 0 Å². The second-order valence-electron chi connectivity index (χ2n) is 6.75. The lowest BCUT2D eigenvalue weighted by atomic mass is 9.97. The minimum absolute atomic E-state index is 0.0799. The van der Waals surface area contributed by atoms with Crippen LogP contribution in [0.15, 0.2) is 94.3 Å². The highest BCUT2D eigenvalue weighted by Gasteiger charge is 2.18. The van der Waals surface area contributed by atoms with Gasteiger partial charge in [-0.3, -0.25) is 9.78 Å². The zero-order valence-corrected chi connectivity index (χ0v) is 15.8. The topological polar surface area (TPSA) is 52.3 Å². The van der Waals surface area contributed by atoms with Gasteiger partial charge in [-0.1, -0.05) is 54.6 Å². The molecule has 0 atom stereocenters. The number of hydrogen-bond donors (Lipinski definition) is 0. The quantitative estimate of drug-likeness (QED) is 0.378. The molecule has 3 aromatic carbocycles. The lowest BCUT2D eigenvalue weighted by molar-refractivity contribution is 0.415. The summed E-state index contributed by atoms with van der Waals surface area (Å²) in [5.41, 5.74) is 4.37. The fourth-order valence-corrected chi connectivity index (χ4v) is 3.62. The van der Waals surface area contributed by atoms with Gasteiger partial charge in [0, 0.05) is 11.8 Å². The molecule has 140 valence electrons. The Hall–Kier alpha value is -3.92. The molecule has 0 radical (unpaired) electrons. The van der Waals surface area contributed by atoms with Gasteiger partial charge in [-0.2, -0.15) is 0 Å². The lowest BCUT2D eigenvalue weighted by Crippen LogP contribution is -2.04. The molecule has 2 heterocycles. The standard InChI is InChI=1S/C25H17NO3/c1-28-18-11-7-10-17(14-18)23-22(16-8-3-2-4-9-16)25-20(15-26-23)24(27)19-12-5-6-13-21(19)29-25/h2-15H,1H3. The van der Waals surface area contributed by atoms with E-state index in [4.69, 9.17) is 9.15 Å². The van der Waals surface area contributed by atoms with Gasteiger partial charge in [-0.25, -0.2) is 0 Å². The van der Waals surface area contributed by atoms with Crippen molar-refractivity contribution in [3.05, 3.63) is 95.3 Å². The summed E-state index contributed by atoms with van der Waals surface area (Å²) in [5.74, 6) is 0.739. The Kier molecular flexibility index (Phi) is 4.10. The smallest absolute Gasteiger partial charge is 0.202 e. The SMILES string of the molecule is COc1cccc(-c2ncc3c(=O)c4ccccc4oc3c2-c2ccccc2)c1. The average Bonchev–Trinajstić information content (AvgIpc) is 2.79. The van der Waals surface area contributed by atoms with Crippen LogP contribution in [0.2, 0.25) is 0 Å². The fraction of sp³-hybridized carbons (Fsp3) is 0.0400. The van der Waals surface area contributed by atoms with Crippen molar-refractivity contribution in [3.8, 4) is 28.1 Å². The van der Waals surface area contributed by atoms with E-state index in [2.05, 4.69) is 4.98 Å². The Labute approximate surface area is 167 Å². The van der Waals surface area contributed by atoms with E-state index in [-0.39, 0.29) is 5.43 Å². The van der Waals surface area contributed by atoms with Crippen LogP contribution in [0, 0.1) is 0 Å². The molecule has 0 spiro atoms. The Balaban J connectivity index is 1.93. The van der Waals surface area contributed by atoms with Gasteiger partial charge < -0.3 is 9.15 Å². The molecular formula is C25H17NO3. The van der Waals surface area contributed by atoms with E-state index in [9.17, 15) is 4.79 Å². The molecule has 29 heavy (non-hydrogen) atoms. The minimum Gasteiger partial charge on any atom is -0.497 e. The molecule has 0 bridgehead atoms. The van der Waals surface area contributed by atoms with Crippen LogP contribution in [0.1, 0.15) is 0 Å². The van der Waals surface area contributed by atoms with Crippen LogP contribution >= 0.6 is 0 Å². The van der Waals surface area contributed by atoms with Crippen molar-refractivity contribution in [1.82, 2.24) is 4.98 Å². The van der Waals surface area contributed by atoms with Crippen molar-refractivity contribution in [2.75, 3.05) is 7.11 Å². The highest BCUT2D eigenvalue weighted by atomic mass is 16.5. The van der Waals surface area contributed by atoms with E-state index >= 15 is 0 Å². The minimum atomic E-state index is -0.0799. The zero-order valence-electron chi connectivity index (χ0n) is 15.8. The van der Waals surface area contributed by atoms with Gasteiger partial charge >= 0.3 is 0 Å². The van der Waals surface area contributed by atoms with Crippen LogP contribution in [0.4, 0.5) is 0 Å². The first-order chi connectivity index (χ1) is 14.3. The van der Waals surface area contributed by atoms with Gasteiger partial charge in [0.15, 0.2) is 0 Å². The molecule has 2 aromatic heterocycles. The van der Waals surface area contributed by atoms with Crippen LogP contribution < -0.4 is 10.2 Å². The van der Waals surface area contributed by atoms with E-state index in [0.717, 1.165) is 28.1 Å². The molecule has 0 aliphatic heterocycles. The van der Waals surface area contributed by atoms with E-state index in [1.165, 1.54) is 0 Å². The predicted octanol–water partition coefficient (Wildman–Crippen LogP) is 5.68. The van der Waals surface area contributed by atoms with Gasteiger partial charge in [0.1, 0.15) is 16.9 Å². The van der Waals surface area contributed by atoms with Crippen molar-refractivity contribution in [2.45, 2.75) is 0 Å². The number of hydrogen-bond acceptors (Lipinski definition) is 4. The number of para-hydroxylation sites is 1. The number of nitrogens with zero attached hydrogens (tertiary/aromatic N) is 1. The number of rotatable bonds is 3. The van der Waals surface area contributed by atoms with E-state index < -0.39 is 0 Å². The molecule has 0 saturated heterocycles. The summed E-state index contributed by atoms with van der Waals surface area (Å²) in [6.07, 6.45) is 1.61. The molecule has 4 heteroatoms. The maximum absolute atomic E-state index is 13.1. The molecule has 0 saturated carbocycles. The molecule has 0 N–H and O–H groups in total. The largest absolute Gasteiger partial charge is 0.497 e. The third-order valence-corrected chi connectivity index (χ3v) is 5.03. The molecule has 0 amide bonds. The number of benzene rings is 3. The Bertz CT molecular complexity index is 1400. The third-order valence-electron chi connectivity index (χ3n) is 5.03. The number of pyridine rings is 1. The first-order valence-corrected chi connectivity index (χ1v) is 9.30. The van der Waals surface area contributed by atoms with Gasteiger partial charge in [0.2, 0.25) is 5.43 Å². The predicted molar refractivity (Wildman–Crippen MR) is 115 cm³/mol. The number of methoxy groups -OCH3 is 1. The summed E-state index contributed by atoms with van der Waals surface area (Å²) in [7, 11) is 1.64. The van der Waals surface area contributed by atoms with Crippen LogP contribution in [-0.2, 0) is 0 Å². The third kappa shape index (κ3) is 2.86. The monoisotopic (exact) mass is 379 g/mol. The van der Waals surface area contributed by atoms with Gasteiger partial charge in [0.25, 0.3) is 0 Å². The van der Waals surface area contributed by atoms with Crippen LogP contribution in [0.25, 0.3) is 44.3 Å². The second kappa shape index (κ2) is 6.91. The van der Waals surface area contributed by atoms with Crippen molar-refractivity contribution >= 4 is 21.9 Å². The first kappa shape index (κ1) is 17.2. The van der Waals surface area contributed by atoms with Gasteiger partial charge in [0.05, 0.1) is 29.1 Å². The molecule has 0 aliphatic carbocycles. The van der Waals surface area contributed by atoms with Crippen LogP contribution in [0.5, 0.6) is 5.75 Å². The highest BCUT2D eigenvalue weighted by Crippen LogP contribution is 2.37. The maximum Gasteiger partial charge on any atom is 0.202 e. The fourth-order valence-electron chi connectivity index (χ4n) is 3.62. The summed E-state index contributed by atoms with van der Waals surface area (Å²) in [6, 6.07) is 24.9. The number of aromatic nitrogens is 1. The normalized spacial score (nSPS) is 11.1. The summed E-state index contributed by atoms with van der Waals surface area (Å²) in [6.45, 7) is 0. The van der Waals surface area contributed by atoms with Crippen molar-refractivity contribution < 1.29 is 9.15 Å². The van der Waals surface area contributed by atoms with E-state index in [1.54, 1.807) is 19.4 Å². The summed E-state index contributed by atoms with van der Waals surface area (Å²) in [4.78, 5) is 17.8. The molecule has 0 unspecified atom stereocenters. The number of ether oxygens (including phenoxy) is 1. The zero-order chi connectivity index (χ0) is 19.8. The van der Waals surface area contributed by atoms with E-state index in [0.29, 0.717) is 21.9 Å². The van der Waals surface area contributed by atoms with Crippen LogP contribution in [-0.4, -0.2) is 12.1 Å². The molecular weight excluding hydrogens is 362 g/mol. The Morgan fingerprint density at radius 1 is 0.828 bits per heavy atom. The highest BCUT2D eigenvalue weighted by molar-refractivity contribution is 6.02. The van der Waals surface area contributed by atoms with Crippen molar-refractivity contribution in [2.24, 2.45) is 0 Å².